The van der Waals surface area contributed by atoms with Crippen molar-refractivity contribution in [2.24, 2.45) is 0 Å². The average Bonchev–Trinajstić information content (AvgIpc) is 2.75. The number of sulfonamides is 1. The molecule has 1 heterocycles. The molecule has 0 unspecified atom stereocenters. The molecule has 0 bridgehead atoms. The molecule has 1 fully saturated rings. The van der Waals surface area contributed by atoms with E-state index < -0.39 is 16.1 Å². The topological polar surface area (TPSA) is 78.9 Å². The molecule has 0 radical (unpaired) electrons. The van der Waals surface area contributed by atoms with Crippen molar-refractivity contribution in [3.8, 4) is 5.75 Å². The molecule has 3 rings (SSSR count). The van der Waals surface area contributed by atoms with Gasteiger partial charge in [0, 0.05) is 32.7 Å². The van der Waals surface area contributed by atoms with E-state index >= 15 is 0 Å². The van der Waals surface area contributed by atoms with Crippen molar-refractivity contribution < 1.29 is 17.9 Å². The van der Waals surface area contributed by atoms with Gasteiger partial charge in [0.05, 0.1) is 22.6 Å². The van der Waals surface area contributed by atoms with Crippen LogP contribution in [0.2, 0.25) is 5.02 Å². The molecule has 0 aliphatic carbocycles. The summed E-state index contributed by atoms with van der Waals surface area (Å²) in [5.74, 6) is 0.181. The van der Waals surface area contributed by atoms with Gasteiger partial charge in [-0.25, -0.2) is 8.42 Å². The van der Waals surface area contributed by atoms with Gasteiger partial charge in [-0.1, -0.05) is 41.9 Å². The second-order valence-corrected chi connectivity index (χ2v) is 9.58. The molecule has 0 aromatic heterocycles. The zero-order valence-corrected chi connectivity index (χ0v) is 19.3. The number of hydrogen-bond acceptors (Lipinski definition) is 5. The normalized spacial score (nSPS) is 16.2. The Morgan fingerprint density at radius 3 is 2.42 bits per heavy atom. The predicted octanol–water partition coefficient (Wildman–Crippen LogP) is 2.75. The first kappa shape index (κ1) is 23.5. The summed E-state index contributed by atoms with van der Waals surface area (Å²) in [6.07, 6.45) is 0. The molecule has 0 saturated carbocycles. The minimum atomic E-state index is -3.90. The van der Waals surface area contributed by atoms with Crippen LogP contribution in [0.15, 0.2) is 53.4 Å². The molecule has 2 aromatic carbocycles. The van der Waals surface area contributed by atoms with E-state index in [0.29, 0.717) is 25.4 Å². The van der Waals surface area contributed by atoms with Gasteiger partial charge < -0.3 is 9.64 Å². The molecule has 1 N–H and O–H groups in total. The van der Waals surface area contributed by atoms with Gasteiger partial charge in [-0.2, -0.15) is 4.72 Å². The summed E-state index contributed by atoms with van der Waals surface area (Å²) in [5.41, 5.74) is 1.23. The quantitative estimate of drug-likeness (QED) is 0.648. The Morgan fingerprint density at radius 1 is 1.13 bits per heavy atom. The number of benzene rings is 2. The smallest absolute Gasteiger partial charge is 0.241 e. The molecule has 1 aliphatic rings. The minimum Gasteiger partial charge on any atom is -0.492 e. The van der Waals surface area contributed by atoms with Gasteiger partial charge in [0.1, 0.15) is 5.75 Å². The summed E-state index contributed by atoms with van der Waals surface area (Å²) < 4.78 is 33.2. The van der Waals surface area contributed by atoms with Crippen molar-refractivity contribution in [2.45, 2.75) is 31.3 Å². The number of nitrogens with zero attached hydrogens (tertiary/aromatic N) is 2. The van der Waals surface area contributed by atoms with E-state index in [9.17, 15) is 13.2 Å². The number of carbonyl (C=O) groups is 1. The Morgan fingerprint density at radius 2 is 1.81 bits per heavy atom. The van der Waals surface area contributed by atoms with Crippen LogP contribution in [-0.2, 0) is 21.4 Å². The van der Waals surface area contributed by atoms with Crippen molar-refractivity contribution in [1.29, 1.82) is 0 Å². The van der Waals surface area contributed by atoms with Crippen LogP contribution in [0.4, 0.5) is 0 Å². The van der Waals surface area contributed by atoms with Crippen molar-refractivity contribution >= 4 is 27.5 Å². The molecule has 1 atom stereocenters. The highest BCUT2D eigenvalue weighted by Gasteiger charge is 2.28. The largest absolute Gasteiger partial charge is 0.492 e. The fourth-order valence-corrected chi connectivity index (χ4v) is 5.04. The standard InChI is InChI=1S/C22H28ClN3O4S/c1-3-30-21-10-9-19(15-20(21)23)31(28,29)24-17(2)22(27)26-13-11-25(12-14-26)16-18-7-5-4-6-8-18/h4-10,15,17,24H,3,11-14,16H2,1-2H3/t17-/m1/s1. The summed E-state index contributed by atoms with van der Waals surface area (Å²) in [7, 11) is -3.90. The molecule has 2 aromatic rings. The molecule has 1 amide bonds. The summed E-state index contributed by atoms with van der Waals surface area (Å²) >= 11 is 6.11. The number of piperazine rings is 1. The Hall–Kier alpha value is -2.13. The van der Waals surface area contributed by atoms with E-state index in [1.165, 1.54) is 23.8 Å². The maximum atomic E-state index is 12.8. The molecule has 1 aliphatic heterocycles. The molecule has 1 saturated heterocycles. The first-order chi connectivity index (χ1) is 14.8. The highest BCUT2D eigenvalue weighted by molar-refractivity contribution is 7.89. The minimum absolute atomic E-state index is 0.00622. The Kier molecular flexibility index (Phi) is 7.94. The third-order valence-corrected chi connectivity index (χ3v) is 6.98. The average molecular weight is 466 g/mol. The number of ether oxygens (including phenoxy) is 1. The van der Waals surface area contributed by atoms with Crippen LogP contribution in [0.3, 0.4) is 0 Å². The highest BCUT2D eigenvalue weighted by Crippen LogP contribution is 2.27. The van der Waals surface area contributed by atoms with Crippen LogP contribution < -0.4 is 9.46 Å². The number of hydrogen-bond donors (Lipinski definition) is 1. The SMILES string of the molecule is CCOc1ccc(S(=O)(=O)N[C@H](C)C(=O)N2CCN(Cc3ccccc3)CC2)cc1Cl. The zero-order valence-electron chi connectivity index (χ0n) is 17.8. The van der Waals surface area contributed by atoms with Crippen LogP contribution in [0, 0.1) is 0 Å². The highest BCUT2D eigenvalue weighted by atomic mass is 35.5. The molecule has 0 spiro atoms. The van der Waals surface area contributed by atoms with Gasteiger partial charge in [0.15, 0.2) is 0 Å². The van der Waals surface area contributed by atoms with Gasteiger partial charge >= 0.3 is 0 Å². The number of amides is 1. The summed E-state index contributed by atoms with van der Waals surface area (Å²) in [5, 5.41) is 0.207. The number of rotatable bonds is 8. The summed E-state index contributed by atoms with van der Waals surface area (Å²) in [6.45, 7) is 7.25. The Labute approximate surface area is 189 Å². The Bertz CT molecular complexity index is 993. The van der Waals surface area contributed by atoms with E-state index in [0.717, 1.165) is 19.6 Å². The third-order valence-electron chi connectivity index (χ3n) is 5.15. The van der Waals surface area contributed by atoms with E-state index in [4.69, 9.17) is 16.3 Å². The fourth-order valence-electron chi connectivity index (χ4n) is 3.51. The van der Waals surface area contributed by atoms with Crippen LogP contribution in [0.5, 0.6) is 5.75 Å². The molecule has 9 heteroatoms. The lowest BCUT2D eigenvalue weighted by Gasteiger charge is -2.36. The maximum absolute atomic E-state index is 12.8. The van der Waals surface area contributed by atoms with Gasteiger partial charge in [0.2, 0.25) is 15.9 Å². The monoisotopic (exact) mass is 465 g/mol. The molecular formula is C22H28ClN3O4S. The molecule has 31 heavy (non-hydrogen) atoms. The lowest BCUT2D eigenvalue weighted by atomic mass is 10.2. The Balaban J connectivity index is 1.56. The third kappa shape index (κ3) is 6.20. The first-order valence-electron chi connectivity index (χ1n) is 10.3. The van der Waals surface area contributed by atoms with Crippen molar-refractivity contribution in [3.63, 3.8) is 0 Å². The van der Waals surface area contributed by atoms with Crippen LogP contribution in [0.25, 0.3) is 0 Å². The van der Waals surface area contributed by atoms with Gasteiger partial charge in [-0.05, 0) is 37.6 Å². The van der Waals surface area contributed by atoms with E-state index in [1.54, 1.807) is 11.8 Å². The predicted molar refractivity (Wildman–Crippen MR) is 121 cm³/mol. The van der Waals surface area contributed by atoms with Gasteiger partial charge in [-0.3, -0.25) is 9.69 Å². The van der Waals surface area contributed by atoms with Crippen molar-refractivity contribution in [1.82, 2.24) is 14.5 Å². The number of nitrogens with one attached hydrogen (secondary N) is 1. The first-order valence-corrected chi connectivity index (χ1v) is 12.2. The second-order valence-electron chi connectivity index (χ2n) is 7.46. The lowest BCUT2D eigenvalue weighted by molar-refractivity contribution is -0.134. The van der Waals surface area contributed by atoms with Crippen molar-refractivity contribution in [3.05, 3.63) is 59.1 Å². The van der Waals surface area contributed by atoms with E-state index in [-0.39, 0.29) is 15.8 Å². The fraction of sp³-hybridized carbons (Fsp3) is 0.409. The molecule has 168 valence electrons. The van der Waals surface area contributed by atoms with Crippen LogP contribution in [0.1, 0.15) is 19.4 Å². The van der Waals surface area contributed by atoms with Crippen molar-refractivity contribution in [2.75, 3.05) is 32.8 Å². The van der Waals surface area contributed by atoms with E-state index in [2.05, 4.69) is 21.8 Å². The number of halogens is 1. The van der Waals surface area contributed by atoms with Gasteiger partial charge in [0.25, 0.3) is 0 Å². The van der Waals surface area contributed by atoms with E-state index in [1.807, 2.05) is 25.1 Å². The molecular weight excluding hydrogens is 438 g/mol. The molecule has 7 nitrogen and oxygen atoms in total. The second kappa shape index (κ2) is 10.5. The van der Waals surface area contributed by atoms with Crippen LogP contribution >= 0.6 is 11.6 Å². The number of carbonyl (C=O) groups excluding carboxylic acids is 1. The summed E-state index contributed by atoms with van der Waals surface area (Å²) in [6, 6.07) is 13.6. The maximum Gasteiger partial charge on any atom is 0.241 e. The zero-order chi connectivity index (χ0) is 22.4. The lowest BCUT2D eigenvalue weighted by Crippen LogP contribution is -2.53. The summed E-state index contributed by atoms with van der Waals surface area (Å²) in [4.78, 5) is 16.8. The van der Waals surface area contributed by atoms with Crippen LogP contribution in [-0.4, -0.2) is 63.0 Å². The van der Waals surface area contributed by atoms with Gasteiger partial charge in [-0.15, -0.1) is 0 Å².